The Morgan fingerprint density at radius 1 is 1.23 bits per heavy atom. The fourth-order valence-corrected chi connectivity index (χ4v) is 2.66. The molecule has 0 saturated carbocycles. The summed E-state index contributed by atoms with van der Waals surface area (Å²) in [6.45, 7) is 9.58. The summed E-state index contributed by atoms with van der Waals surface area (Å²) in [6, 6.07) is 1.04. The van der Waals surface area contributed by atoms with Crippen LogP contribution >= 0.6 is 0 Å². The number of aryl methyl sites for hydroxylation is 1. The quantitative estimate of drug-likeness (QED) is 0.521. The van der Waals surface area contributed by atoms with Crippen molar-refractivity contribution in [3.05, 3.63) is 33.9 Å². The maximum absolute atomic E-state index is 14.5. The molecule has 2 heterocycles. The minimum absolute atomic E-state index is 0.0164. The third-order valence-corrected chi connectivity index (χ3v) is 3.92. The fraction of sp³-hybridized carbons (Fsp3) is 0.500. The van der Waals surface area contributed by atoms with E-state index in [-0.39, 0.29) is 42.1 Å². The molecule has 0 fully saturated rings. The molecule has 2 aromatic heterocycles. The van der Waals surface area contributed by atoms with Crippen LogP contribution in [0.3, 0.4) is 0 Å². The number of alkyl carbamates (subject to hydrolysis) is 1. The van der Waals surface area contributed by atoms with E-state index in [1.54, 1.807) is 32.3 Å². The van der Waals surface area contributed by atoms with E-state index >= 15 is 0 Å². The number of rotatable bonds is 7. The normalized spacial score (nSPS) is 11.3. The third kappa shape index (κ3) is 5.68. The number of nitrogens with one attached hydrogen (secondary N) is 2. The molecule has 0 saturated heterocycles. The van der Waals surface area contributed by atoms with Crippen molar-refractivity contribution in [1.29, 1.82) is 0 Å². The lowest BCUT2D eigenvalue weighted by molar-refractivity contribution is 0.0516. The van der Waals surface area contributed by atoms with Gasteiger partial charge >= 0.3 is 12.1 Å². The number of aromatic nitrogens is 2. The van der Waals surface area contributed by atoms with Gasteiger partial charge in [-0.3, -0.25) is 4.79 Å². The zero-order valence-electron chi connectivity index (χ0n) is 17.8. The van der Waals surface area contributed by atoms with E-state index in [0.717, 1.165) is 6.07 Å². The van der Waals surface area contributed by atoms with Crippen LogP contribution in [0.2, 0.25) is 0 Å². The number of carbonyl (C=O) groups excluding carboxylic acids is 2. The van der Waals surface area contributed by atoms with Crippen molar-refractivity contribution in [3.8, 4) is 0 Å². The van der Waals surface area contributed by atoms with Gasteiger partial charge < -0.3 is 24.7 Å². The molecule has 0 spiro atoms. The summed E-state index contributed by atoms with van der Waals surface area (Å²) in [5, 5.41) is 5.32. The molecule has 0 aromatic carbocycles. The molecular formula is C20H27FN4O5. The highest BCUT2D eigenvalue weighted by molar-refractivity contribution is 5.93. The summed E-state index contributed by atoms with van der Waals surface area (Å²) < 4.78 is 26.1. The number of halogens is 1. The van der Waals surface area contributed by atoms with Gasteiger partial charge in [-0.1, -0.05) is 0 Å². The van der Waals surface area contributed by atoms with E-state index < -0.39 is 28.9 Å². The molecule has 10 heteroatoms. The highest BCUT2D eigenvalue weighted by Gasteiger charge is 2.19. The standard InChI is InChI=1S/C20H27FN4O5/c1-6-25-11-13(18(27)29-7-2)15(26)12-10-14(21)16(24-17(12)25)22-8-9-23-19(28)30-20(3,4)5/h10-11H,6-9H2,1-5H3,(H,22,24)(H,23,28). The largest absolute Gasteiger partial charge is 0.462 e. The van der Waals surface area contributed by atoms with E-state index in [0.29, 0.717) is 6.54 Å². The zero-order valence-corrected chi connectivity index (χ0v) is 17.8. The smallest absolute Gasteiger partial charge is 0.407 e. The Bertz CT molecular complexity index is 997. The van der Waals surface area contributed by atoms with E-state index in [2.05, 4.69) is 15.6 Å². The second kappa shape index (κ2) is 9.55. The van der Waals surface area contributed by atoms with Gasteiger partial charge in [-0.2, -0.15) is 0 Å². The number of fused-ring (bicyclic) bond motifs is 1. The number of hydrogen-bond acceptors (Lipinski definition) is 7. The lowest BCUT2D eigenvalue weighted by atomic mass is 10.2. The average molecular weight is 422 g/mol. The first-order chi connectivity index (χ1) is 14.1. The second-order valence-corrected chi connectivity index (χ2v) is 7.42. The first-order valence-corrected chi connectivity index (χ1v) is 9.68. The molecule has 30 heavy (non-hydrogen) atoms. The highest BCUT2D eigenvalue weighted by Crippen LogP contribution is 2.18. The van der Waals surface area contributed by atoms with Crippen molar-refractivity contribution in [1.82, 2.24) is 14.9 Å². The van der Waals surface area contributed by atoms with E-state index in [4.69, 9.17) is 9.47 Å². The molecule has 0 aliphatic rings. The molecule has 164 valence electrons. The maximum atomic E-state index is 14.5. The number of amides is 1. The van der Waals surface area contributed by atoms with Crippen LogP contribution in [0.15, 0.2) is 17.1 Å². The van der Waals surface area contributed by atoms with Crippen molar-refractivity contribution in [3.63, 3.8) is 0 Å². The molecule has 9 nitrogen and oxygen atoms in total. The molecule has 1 amide bonds. The molecule has 0 radical (unpaired) electrons. The predicted molar refractivity (Wildman–Crippen MR) is 110 cm³/mol. The van der Waals surface area contributed by atoms with Crippen LogP contribution in [-0.4, -0.2) is 46.9 Å². The Balaban J connectivity index is 2.22. The van der Waals surface area contributed by atoms with E-state index in [9.17, 15) is 18.8 Å². The van der Waals surface area contributed by atoms with E-state index in [1.165, 1.54) is 6.20 Å². The Labute approximate surface area is 173 Å². The van der Waals surface area contributed by atoms with E-state index in [1.807, 2.05) is 6.92 Å². The zero-order chi connectivity index (χ0) is 22.5. The summed E-state index contributed by atoms with van der Waals surface area (Å²) in [4.78, 5) is 40.5. The Morgan fingerprint density at radius 2 is 1.93 bits per heavy atom. The van der Waals surface area contributed by atoms with Crippen molar-refractivity contribution in [2.24, 2.45) is 0 Å². The molecule has 0 unspecified atom stereocenters. The predicted octanol–water partition coefficient (Wildman–Crippen LogP) is 2.67. The average Bonchev–Trinajstić information content (AvgIpc) is 2.65. The minimum atomic E-state index is -0.762. The van der Waals surface area contributed by atoms with Gasteiger partial charge in [0.25, 0.3) is 0 Å². The number of anilines is 1. The first kappa shape index (κ1) is 23.1. The molecule has 0 aliphatic carbocycles. The van der Waals surface area contributed by atoms with Crippen molar-refractivity contribution >= 4 is 28.9 Å². The topological polar surface area (TPSA) is 112 Å². The molecule has 0 aliphatic heterocycles. The lowest BCUT2D eigenvalue weighted by Crippen LogP contribution is -2.35. The van der Waals surface area contributed by atoms with Gasteiger partial charge in [0.15, 0.2) is 11.6 Å². The van der Waals surface area contributed by atoms with Crippen LogP contribution in [0, 0.1) is 5.82 Å². The van der Waals surface area contributed by atoms with Crippen LogP contribution in [0.5, 0.6) is 0 Å². The fourth-order valence-electron chi connectivity index (χ4n) is 2.66. The number of carbonyl (C=O) groups is 2. The van der Waals surface area contributed by atoms with Crippen molar-refractivity contribution < 1.29 is 23.5 Å². The van der Waals surface area contributed by atoms with Crippen molar-refractivity contribution in [2.75, 3.05) is 25.0 Å². The summed E-state index contributed by atoms with van der Waals surface area (Å²) in [6.07, 6.45) is 0.782. The van der Waals surface area contributed by atoms with Crippen LogP contribution < -0.4 is 16.1 Å². The summed E-state index contributed by atoms with van der Waals surface area (Å²) in [7, 11) is 0. The molecule has 0 bridgehead atoms. The van der Waals surface area contributed by atoms with Gasteiger partial charge in [0, 0.05) is 25.8 Å². The minimum Gasteiger partial charge on any atom is -0.462 e. The summed E-state index contributed by atoms with van der Waals surface area (Å²) in [5.41, 5.74) is -1.19. The Hall–Kier alpha value is -3.17. The van der Waals surface area contributed by atoms with Crippen LogP contribution in [-0.2, 0) is 16.0 Å². The Morgan fingerprint density at radius 3 is 2.53 bits per heavy atom. The van der Waals surface area contributed by atoms with Crippen molar-refractivity contribution in [2.45, 2.75) is 46.8 Å². The number of ether oxygens (including phenoxy) is 2. The first-order valence-electron chi connectivity index (χ1n) is 9.68. The van der Waals surface area contributed by atoms with Crippen LogP contribution in [0.25, 0.3) is 11.0 Å². The van der Waals surface area contributed by atoms with Gasteiger partial charge in [0.05, 0.1) is 12.0 Å². The number of esters is 1. The van der Waals surface area contributed by atoms with Gasteiger partial charge in [-0.25, -0.2) is 19.0 Å². The second-order valence-electron chi connectivity index (χ2n) is 7.42. The maximum Gasteiger partial charge on any atom is 0.407 e. The molecule has 2 rings (SSSR count). The number of pyridine rings is 2. The number of hydrogen-bond donors (Lipinski definition) is 2. The van der Waals surface area contributed by atoms with Crippen LogP contribution in [0.4, 0.5) is 15.0 Å². The summed E-state index contributed by atoms with van der Waals surface area (Å²) in [5.74, 6) is -1.58. The molecule has 2 N–H and O–H groups in total. The lowest BCUT2D eigenvalue weighted by Gasteiger charge is -2.19. The molecule has 2 aromatic rings. The SMILES string of the molecule is CCOC(=O)c1cn(CC)c2nc(NCCNC(=O)OC(C)(C)C)c(F)cc2c1=O. The summed E-state index contributed by atoms with van der Waals surface area (Å²) >= 11 is 0. The Kier molecular flexibility index (Phi) is 7.36. The van der Waals surface area contributed by atoms with Gasteiger partial charge in [-0.05, 0) is 40.7 Å². The molecular weight excluding hydrogens is 395 g/mol. The third-order valence-electron chi connectivity index (χ3n) is 3.92. The van der Waals surface area contributed by atoms with Gasteiger partial charge in [0.2, 0.25) is 5.43 Å². The number of nitrogens with zero attached hydrogens (tertiary/aromatic N) is 2. The van der Waals surface area contributed by atoms with Gasteiger partial charge in [0.1, 0.15) is 16.8 Å². The monoisotopic (exact) mass is 422 g/mol. The molecule has 0 atom stereocenters. The highest BCUT2D eigenvalue weighted by atomic mass is 19.1. The van der Waals surface area contributed by atoms with Crippen LogP contribution in [0.1, 0.15) is 45.0 Å². The van der Waals surface area contributed by atoms with Gasteiger partial charge in [-0.15, -0.1) is 0 Å².